The minimum absolute atomic E-state index is 0. The second-order valence-electron chi connectivity index (χ2n) is 3.40. The van der Waals surface area contributed by atoms with Gasteiger partial charge in [0.2, 0.25) is 0 Å². The molecule has 1 heteroatoms. The monoisotopic (exact) mass is 160 g/mol. The lowest BCUT2D eigenvalue weighted by Gasteiger charge is -2.19. The smallest absolute Gasteiger partial charge is 0.130 e. The first-order chi connectivity index (χ1) is 3.98. The highest BCUT2D eigenvalue weighted by molar-refractivity contribution is 5.76. The fourth-order valence-corrected chi connectivity index (χ4v) is 0.799. The number of ketones is 1. The first kappa shape index (κ1) is 17.0. The van der Waals surface area contributed by atoms with E-state index in [0.29, 0.717) is 12.2 Å². The molecular formula is C10H24O. The van der Waals surface area contributed by atoms with Crippen molar-refractivity contribution in [3.8, 4) is 0 Å². The van der Waals surface area contributed by atoms with Gasteiger partial charge in [-0.3, -0.25) is 0 Å². The zero-order chi connectivity index (χ0) is 7.49. The molecule has 0 spiro atoms. The number of hydrogen-bond donors (Lipinski definition) is 0. The van der Waals surface area contributed by atoms with Gasteiger partial charge in [0.1, 0.15) is 5.78 Å². The van der Waals surface area contributed by atoms with Crippen LogP contribution in [0.3, 0.4) is 0 Å². The molecule has 0 saturated heterocycles. The largest absolute Gasteiger partial charge is 0.300 e. The fourth-order valence-electron chi connectivity index (χ4n) is 0.799. The van der Waals surface area contributed by atoms with Gasteiger partial charge in [-0.1, -0.05) is 42.0 Å². The summed E-state index contributed by atoms with van der Waals surface area (Å²) in [6, 6.07) is 0. The summed E-state index contributed by atoms with van der Waals surface area (Å²) in [4.78, 5) is 10.6. The van der Waals surface area contributed by atoms with E-state index in [9.17, 15) is 4.79 Å². The molecule has 70 valence electrons. The van der Waals surface area contributed by atoms with Crippen LogP contribution in [0.4, 0.5) is 0 Å². The van der Waals surface area contributed by atoms with Crippen LogP contribution in [-0.4, -0.2) is 5.78 Å². The maximum Gasteiger partial charge on any atom is 0.130 e. The molecule has 1 nitrogen and oxygen atoms in total. The number of Topliss-reactive ketones (excluding diaryl/α,β-unsaturated/α-hetero) is 1. The second-order valence-corrected chi connectivity index (χ2v) is 3.40. The topological polar surface area (TPSA) is 17.1 Å². The van der Waals surface area contributed by atoms with E-state index in [2.05, 4.69) is 20.8 Å². The van der Waals surface area contributed by atoms with Crippen molar-refractivity contribution in [1.29, 1.82) is 0 Å². The van der Waals surface area contributed by atoms with E-state index in [4.69, 9.17) is 0 Å². The van der Waals surface area contributed by atoms with Crippen LogP contribution >= 0.6 is 0 Å². The summed E-state index contributed by atoms with van der Waals surface area (Å²) in [6.07, 6.45) is 1.79. The number of carbonyl (C=O) groups excluding carboxylic acids is 1. The zero-order valence-corrected chi connectivity index (χ0v) is 6.82. The molecule has 0 aromatic heterocycles. The molecule has 0 aromatic rings. The van der Waals surface area contributed by atoms with Crippen molar-refractivity contribution in [2.45, 2.75) is 55.4 Å². The summed E-state index contributed by atoms with van der Waals surface area (Å²) in [5, 5.41) is 0. The van der Waals surface area contributed by atoms with Gasteiger partial charge in [-0.15, -0.1) is 0 Å². The Labute approximate surface area is 72.2 Å². The molecule has 11 heavy (non-hydrogen) atoms. The molecule has 0 amide bonds. The van der Waals surface area contributed by atoms with Crippen molar-refractivity contribution < 1.29 is 4.79 Å². The van der Waals surface area contributed by atoms with Crippen molar-refractivity contribution in [3.05, 3.63) is 0 Å². The van der Waals surface area contributed by atoms with E-state index in [-0.39, 0.29) is 20.3 Å². The maximum absolute atomic E-state index is 10.6. The van der Waals surface area contributed by atoms with Crippen LogP contribution in [0.5, 0.6) is 0 Å². The third-order valence-corrected chi connectivity index (χ3v) is 1.68. The van der Waals surface area contributed by atoms with Gasteiger partial charge >= 0.3 is 0 Å². The van der Waals surface area contributed by atoms with Crippen molar-refractivity contribution in [2.24, 2.45) is 5.41 Å². The van der Waals surface area contributed by atoms with Gasteiger partial charge in [0.25, 0.3) is 0 Å². The molecule has 0 aliphatic carbocycles. The molecule has 0 radical (unpaired) electrons. The lowest BCUT2D eigenvalue weighted by atomic mass is 9.85. The average Bonchev–Trinajstić information content (AvgIpc) is 1.63. The molecule has 0 rings (SSSR count). The summed E-state index contributed by atoms with van der Waals surface area (Å²) in [7, 11) is 0. The first-order valence-corrected chi connectivity index (χ1v) is 3.47. The first-order valence-electron chi connectivity index (χ1n) is 3.47. The van der Waals surface area contributed by atoms with Crippen LogP contribution in [0.2, 0.25) is 0 Å². The second kappa shape index (κ2) is 6.38. The highest BCUT2D eigenvalue weighted by atomic mass is 16.1. The highest BCUT2D eigenvalue weighted by Crippen LogP contribution is 2.23. The standard InChI is InChI=1S/C8H16O.2CH4/c1-5-8(3,4)6-7(2)9;;/h5-6H2,1-4H3;2*1H4. The van der Waals surface area contributed by atoms with Crippen LogP contribution in [0.15, 0.2) is 0 Å². The summed E-state index contributed by atoms with van der Waals surface area (Å²) in [6.45, 7) is 8.00. The van der Waals surface area contributed by atoms with Crippen LogP contribution in [-0.2, 0) is 4.79 Å². The van der Waals surface area contributed by atoms with E-state index < -0.39 is 0 Å². The third-order valence-electron chi connectivity index (χ3n) is 1.68. The summed E-state index contributed by atoms with van der Waals surface area (Å²) >= 11 is 0. The summed E-state index contributed by atoms with van der Waals surface area (Å²) in [5.74, 6) is 0.293. The lowest BCUT2D eigenvalue weighted by Crippen LogP contribution is -2.13. The zero-order valence-electron chi connectivity index (χ0n) is 6.82. The van der Waals surface area contributed by atoms with Crippen LogP contribution in [0.25, 0.3) is 0 Å². The van der Waals surface area contributed by atoms with E-state index in [1.807, 2.05) is 0 Å². The van der Waals surface area contributed by atoms with Crippen LogP contribution in [0.1, 0.15) is 55.4 Å². The normalized spacial score (nSPS) is 9.45. The molecule has 0 atom stereocenters. The fraction of sp³-hybridized carbons (Fsp3) is 0.900. The molecule has 0 aliphatic rings. The van der Waals surface area contributed by atoms with Crippen molar-refractivity contribution in [2.75, 3.05) is 0 Å². The Morgan fingerprint density at radius 1 is 1.27 bits per heavy atom. The molecular weight excluding hydrogens is 136 g/mol. The van der Waals surface area contributed by atoms with E-state index in [1.54, 1.807) is 6.92 Å². The Kier molecular flexibility index (Phi) is 9.84. The van der Waals surface area contributed by atoms with Gasteiger partial charge in [-0.25, -0.2) is 0 Å². The minimum atomic E-state index is 0. The minimum Gasteiger partial charge on any atom is -0.300 e. The van der Waals surface area contributed by atoms with E-state index in [1.165, 1.54) is 0 Å². The Bertz CT molecular complexity index is 103. The van der Waals surface area contributed by atoms with Gasteiger partial charge in [0.15, 0.2) is 0 Å². The Balaban J connectivity index is -0.000000320. The maximum atomic E-state index is 10.6. The molecule has 0 aromatic carbocycles. The number of rotatable bonds is 3. The van der Waals surface area contributed by atoms with Gasteiger partial charge in [-0.05, 0) is 12.3 Å². The Morgan fingerprint density at radius 2 is 1.64 bits per heavy atom. The third kappa shape index (κ3) is 9.67. The van der Waals surface area contributed by atoms with Gasteiger partial charge in [-0.2, -0.15) is 0 Å². The molecule has 0 unspecified atom stereocenters. The lowest BCUT2D eigenvalue weighted by molar-refractivity contribution is -0.118. The van der Waals surface area contributed by atoms with Crippen molar-refractivity contribution >= 4 is 5.78 Å². The molecule has 0 heterocycles. The number of carbonyl (C=O) groups is 1. The van der Waals surface area contributed by atoms with Gasteiger partial charge in [0, 0.05) is 6.42 Å². The molecule has 0 saturated carbocycles. The Morgan fingerprint density at radius 3 is 1.73 bits per heavy atom. The summed E-state index contributed by atoms with van der Waals surface area (Å²) in [5.41, 5.74) is 0.214. The summed E-state index contributed by atoms with van der Waals surface area (Å²) < 4.78 is 0. The SMILES string of the molecule is C.C.CCC(C)(C)CC(C)=O. The van der Waals surface area contributed by atoms with E-state index in [0.717, 1.165) is 6.42 Å². The predicted octanol–water partition coefficient (Wildman–Crippen LogP) is 3.67. The van der Waals surface area contributed by atoms with Gasteiger partial charge < -0.3 is 4.79 Å². The Hall–Kier alpha value is -0.330. The molecule has 0 aliphatic heterocycles. The van der Waals surface area contributed by atoms with Crippen molar-refractivity contribution in [3.63, 3.8) is 0 Å². The quantitative estimate of drug-likeness (QED) is 0.615. The van der Waals surface area contributed by atoms with E-state index >= 15 is 0 Å². The molecule has 0 bridgehead atoms. The van der Waals surface area contributed by atoms with Crippen LogP contribution in [0, 0.1) is 5.41 Å². The highest BCUT2D eigenvalue weighted by Gasteiger charge is 2.16. The molecule has 0 N–H and O–H groups in total. The molecule has 0 fully saturated rings. The number of hydrogen-bond acceptors (Lipinski definition) is 1. The van der Waals surface area contributed by atoms with Crippen molar-refractivity contribution in [1.82, 2.24) is 0 Å². The van der Waals surface area contributed by atoms with Gasteiger partial charge in [0.05, 0.1) is 0 Å². The van der Waals surface area contributed by atoms with Crippen LogP contribution < -0.4 is 0 Å². The predicted molar refractivity (Wildman–Crippen MR) is 52.8 cm³/mol. The average molecular weight is 160 g/mol.